The fraction of sp³-hybridized carbons (Fsp3) is 0.697. The van der Waals surface area contributed by atoms with E-state index in [0.717, 1.165) is 47.2 Å². The number of aromatic nitrogens is 11. The van der Waals surface area contributed by atoms with Crippen LogP contribution in [0.2, 0.25) is 0 Å². The largest absolute Gasteiger partial charge is 0.370 e. The number of thioether (sulfide) groups is 1. The van der Waals surface area contributed by atoms with Crippen molar-refractivity contribution >= 4 is 52.3 Å². The molecule has 13 aliphatic rings. The Kier molecular flexibility index (Phi) is 63.2. The zero-order valence-corrected chi connectivity index (χ0v) is 101. The van der Waals surface area contributed by atoms with Crippen LogP contribution in [-0.2, 0) is 61.1 Å². The van der Waals surface area contributed by atoms with Crippen LogP contribution < -0.4 is 32.9 Å². The number of rotatable bonds is 3. The van der Waals surface area contributed by atoms with Gasteiger partial charge in [-0.2, -0.15) is 21.1 Å². The molecule has 6 aromatic heterocycles. The molecule has 0 aliphatic carbocycles. The second-order valence-corrected chi connectivity index (χ2v) is 50.5. The molecule has 11 saturated heterocycles. The fourth-order valence-corrected chi connectivity index (χ4v) is 20.4. The van der Waals surface area contributed by atoms with E-state index in [0.29, 0.717) is 0 Å². The monoisotopic (exact) mass is 2070 g/mol. The smallest absolute Gasteiger partial charge is 0.285 e. The van der Waals surface area contributed by atoms with Gasteiger partial charge in [-0.3, -0.25) is 9.48 Å². The number of nitrogens with zero attached hydrogens (tertiary/aromatic N) is 25. The number of allylic oxidation sites excluding steroid dienone is 1. The molecule has 828 valence electrons. The van der Waals surface area contributed by atoms with Gasteiger partial charge in [-0.15, -0.1) is 9.36 Å². The van der Waals surface area contributed by atoms with Gasteiger partial charge in [0, 0.05) is 98.1 Å². The molecule has 147 heavy (non-hydrogen) atoms. The minimum Gasteiger partial charge on any atom is -0.370 e. The lowest BCUT2D eigenvalue weighted by Crippen LogP contribution is -2.57. The molecule has 0 atom stereocenters. The number of nitrogens with one attached hydrogen (secondary N) is 1. The number of likely N-dealkylation sites (tertiary alicyclic amines) is 6. The zero-order chi connectivity index (χ0) is 109. The number of benzene rings is 2. The van der Waals surface area contributed by atoms with Gasteiger partial charge in [0.2, 0.25) is 24.4 Å². The van der Waals surface area contributed by atoms with Gasteiger partial charge < -0.3 is 54.9 Å². The Hall–Kier alpha value is -7.65. The van der Waals surface area contributed by atoms with Crippen molar-refractivity contribution < 1.29 is 86.4 Å². The number of ether oxygens (including phenoxy) is 1. The van der Waals surface area contributed by atoms with E-state index in [4.69, 9.17) is 4.74 Å². The summed E-state index contributed by atoms with van der Waals surface area (Å²) in [6.45, 7) is 40.9. The van der Waals surface area contributed by atoms with Crippen molar-refractivity contribution in [3.05, 3.63) is 178 Å². The minimum absolute atomic E-state index is 0.938. The second kappa shape index (κ2) is 70.5. The lowest BCUT2D eigenvalue weighted by Gasteiger charge is -2.45. The molecule has 1 N–H and O–H groups in total. The van der Waals surface area contributed by atoms with Crippen LogP contribution in [0.15, 0.2) is 183 Å². The highest BCUT2D eigenvalue weighted by Crippen LogP contribution is 2.26. The van der Waals surface area contributed by atoms with Crippen LogP contribution in [-0.4, -0.2) is 451 Å². The Labute approximate surface area is 904 Å². The number of aliphatic imine (C=N–C) groups is 1. The molecule has 0 radical (unpaired) electrons. The number of pyridine rings is 2. The van der Waals surface area contributed by atoms with Gasteiger partial charge >= 0.3 is 0 Å². The highest BCUT2D eigenvalue weighted by atomic mass is 32.2. The maximum Gasteiger partial charge on any atom is 0.285 e. The third-order valence-electron chi connectivity index (χ3n) is 30.4. The summed E-state index contributed by atoms with van der Waals surface area (Å²) in [5.74, 6) is 3.69. The molecule has 0 unspecified atom stereocenters. The van der Waals surface area contributed by atoms with E-state index in [2.05, 4.69) is 321 Å². The first-order chi connectivity index (χ1) is 69.5. The first-order valence-electron chi connectivity index (χ1n) is 56.5. The predicted octanol–water partition coefficient (Wildman–Crippen LogP) is 11.8. The molecular formula is C119H228N26OS+18. The van der Waals surface area contributed by atoms with Gasteiger partial charge in [-0.25, -0.2) is 22.8 Å². The number of morpholine rings is 1. The molecule has 0 bridgehead atoms. The van der Waals surface area contributed by atoms with Gasteiger partial charge in [0.25, 0.3) is 19.0 Å². The van der Waals surface area contributed by atoms with Crippen molar-refractivity contribution in [2.75, 3.05) is 343 Å². The second-order valence-electron chi connectivity index (χ2n) is 49.2. The van der Waals surface area contributed by atoms with Crippen LogP contribution in [0.25, 0.3) is 21.8 Å². The number of hydrogen-bond donors (Lipinski definition) is 1. The average Bonchev–Trinajstić information content (AvgIpc) is 1.74. The van der Waals surface area contributed by atoms with Crippen LogP contribution in [0.1, 0.15) is 142 Å². The van der Waals surface area contributed by atoms with Gasteiger partial charge in [0.05, 0.1) is 310 Å². The average molecular weight is 2070 g/mol. The topological polar surface area (TPSA) is 115 Å². The molecular weight excluding hydrogens is 1840 g/mol. The normalized spacial score (nSPS) is 21.0. The Bertz CT molecular complexity index is 4570. The van der Waals surface area contributed by atoms with Crippen LogP contribution in [0.5, 0.6) is 0 Å². The van der Waals surface area contributed by atoms with Crippen molar-refractivity contribution in [2.24, 2.45) is 67.3 Å². The van der Waals surface area contributed by atoms with E-state index in [1.54, 1.807) is 36.1 Å². The van der Waals surface area contributed by atoms with Crippen LogP contribution in [0, 0.1) is 5.92 Å². The maximum absolute atomic E-state index is 5.19. The minimum atomic E-state index is 0.938. The highest BCUT2D eigenvalue weighted by molar-refractivity contribution is 7.99. The lowest BCUT2D eigenvalue weighted by molar-refractivity contribution is -0.938. The number of para-hydroxylation sites is 2. The van der Waals surface area contributed by atoms with Crippen LogP contribution in [0.4, 0.5) is 0 Å². The van der Waals surface area contributed by atoms with E-state index in [-0.39, 0.29) is 0 Å². The number of fused-ring (bicyclic) bond motifs is 2. The molecule has 27 nitrogen and oxygen atoms in total. The first kappa shape index (κ1) is 132. The molecule has 19 heterocycles. The summed E-state index contributed by atoms with van der Waals surface area (Å²) in [4.78, 5) is 17.5. The van der Waals surface area contributed by atoms with Gasteiger partial charge in [-0.05, 0) is 146 Å². The molecule has 21 rings (SSSR count). The fourth-order valence-electron chi connectivity index (χ4n) is 18.9. The first-order valence-corrected chi connectivity index (χ1v) is 57.6. The number of likely N-dealkylation sites (N-methyl/N-ethyl adjacent to an activating group) is 5. The molecule has 8 aromatic rings. The summed E-state index contributed by atoms with van der Waals surface area (Å²) in [6.07, 6.45) is 61.2. The predicted molar refractivity (Wildman–Crippen MR) is 620 cm³/mol. The van der Waals surface area contributed by atoms with E-state index < -0.39 is 0 Å². The van der Waals surface area contributed by atoms with E-state index in [1.165, 1.54) is 361 Å². The molecule has 0 amide bonds. The van der Waals surface area contributed by atoms with Gasteiger partial charge in [0.15, 0.2) is 57.9 Å². The zero-order valence-electron chi connectivity index (χ0n) is 100. The number of piperidine rings is 5. The Morgan fingerprint density at radius 2 is 0.891 bits per heavy atom. The number of hydrogen-bond acceptors (Lipinski definition) is 8. The Morgan fingerprint density at radius 1 is 0.422 bits per heavy atom. The van der Waals surface area contributed by atoms with E-state index in [9.17, 15) is 0 Å². The summed E-state index contributed by atoms with van der Waals surface area (Å²) in [6, 6.07) is 31.7. The lowest BCUT2D eigenvalue weighted by atomic mass is 9.98. The number of quaternary nitrogens is 10. The quantitative estimate of drug-likeness (QED) is 0.106. The van der Waals surface area contributed by atoms with E-state index in [1.807, 2.05) is 140 Å². The summed E-state index contributed by atoms with van der Waals surface area (Å²) >= 11 is 2.08. The maximum atomic E-state index is 5.19. The summed E-state index contributed by atoms with van der Waals surface area (Å²) in [7, 11) is 63.7. The molecule has 0 spiro atoms. The Balaban J connectivity index is 0.000000325. The van der Waals surface area contributed by atoms with Gasteiger partial charge in [0.1, 0.15) is 72.2 Å². The van der Waals surface area contributed by atoms with Crippen molar-refractivity contribution in [1.82, 2.24) is 34.5 Å². The van der Waals surface area contributed by atoms with Crippen LogP contribution >= 0.6 is 11.8 Å². The third-order valence-corrected chi connectivity index (χ3v) is 31.3. The molecule has 0 saturated carbocycles. The van der Waals surface area contributed by atoms with Crippen molar-refractivity contribution in [3.8, 4) is 0 Å². The molecule has 28 heteroatoms. The van der Waals surface area contributed by atoms with E-state index >= 15 is 0 Å². The number of aryl methyl sites for hydroxylation is 8. The summed E-state index contributed by atoms with van der Waals surface area (Å²) in [5, 5.41) is 6.04. The molecule has 13 aliphatic heterocycles. The Morgan fingerprint density at radius 3 is 1.23 bits per heavy atom. The standard InChI is InChI=1S/C11H23N2.C10H10N.C9H11N2.C9H20N.2C8H18N.C7H16N.C6H15N2.C6H14NO.C6H14NS.C6H14N.C6H8N.C5H9N2.C5H7N2.C5H8N.C4H6N3.C4H7N2.C4H10N/c1-13(9-3-2-4-10-13)11-5-7-12-8-6-11;1-11-8-4-6-9-5-2-3-7-10(9)11;1-10-7-8-5-3-4-6-9(8)11(10)2;1-3-7-10(2)8-5-4-6-9-10;1-8-4-6-9(2,3)7-5-8;1-9(2)7-5-3-4-6-8-9;1-8(2)6-4-3-5-7-8;1-7-4-5-8(2,3)6-7;2*1-7(2)3-5-8-6-4-7;1-7(2)5-3-4-6-7;1-7-5-3-2-4-6-7;1-6-4-3-5-7(6)2;1-7-4-2-3-6-5-7;1-6-4-2-3-5-6;1-7-3-5-2-6-4-7;1-6-3-2-5-4-6;1-5(2)3-4-5/h11-12H,2-10H2,1H3;2-8H,1H3;3-7H,1-2H3;3-9H2,1-2H3;8H,4-7H2,1-3H3;3-8H2,1-2H3;3-7H2,1-2H3;4-6H2,1-3H3;2*3-6H2,1-2H3;3-6H2,1-2H3;2-6H,1H3;3-5H,1-2H3;2-5H,1H3;2-4H,5H2,1H3;2-4H,1H3;2,4H,3H2,1H3;3-4H2,1-2H3/q18*+1. The molecule has 11 fully saturated rings. The van der Waals surface area contributed by atoms with Crippen molar-refractivity contribution in [1.29, 1.82) is 0 Å². The summed E-state index contributed by atoms with van der Waals surface area (Å²) in [5.41, 5.74) is 2.55. The van der Waals surface area contributed by atoms with Crippen molar-refractivity contribution in [2.45, 2.75) is 148 Å². The summed E-state index contributed by atoms with van der Waals surface area (Å²) < 4.78 is 37.8. The van der Waals surface area contributed by atoms with Crippen molar-refractivity contribution in [3.63, 3.8) is 0 Å². The third kappa shape index (κ3) is 64.1. The highest BCUT2D eigenvalue weighted by Gasteiger charge is 2.36. The van der Waals surface area contributed by atoms with Crippen LogP contribution in [0.3, 0.4) is 0 Å². The van der Waals surface area contributed by atoms with Gasteiger partial charge in [-0.1, -0.05) is 64.1 Å². The SMILES string of the molecule is CC1CC[N+](C)(C)CC1.CCC[N+]1(C)CCCCC1.CN1CC[N+](C)(C)C1.C[N+]1(C)CC1.C[N+]1(C)CCCC1.C[N+]1(C)CCCCC1.C[N+]1(C)CCCCCC1.C[N+]1(C)CCOCC1.C[N+]1(C)CCSCC1.C[N+]1(C2CCNCC2)CCCCC1.C[N+]1=CC=CC1.C[N+]1=CN=CC1.C[n+]1cccc2ccccc21.C[n+]1ccccc1.C[n+]1cccnc1.C[n+]1cncnc1.Cn1c2ccccc2c[n+]1C.Cn1ccc[n+]1C. The molecule has 2 aromatic carbocycles.